The van der Waals surface area contributed by atoms with Crippen LogP contribution in [0.25, 0.3) is 0 Å². The smallest absolute Gasteiger partial charge is 0.253 e. The van der Waals surface area contributed by atoms with Crippen molar-refractivity contribution in [2.24, 2.45) is 5.41 Å². The van der Waals surface area contributed by atoms with E-state index in [4.69, 9.17) is 0 Å². The molecule has 1 N–H and O–H groups in total. The van der Waals surface area contributed by atoms with Crippen LogP contribution in [0.4, 0.5) is 5.69 Å². The molecule has 2 aromatic carbocycles. The van der Waals surface area contributed by atoms with Gasteiger partial charge in [-0.2, -0.15) is 0 Å². The molecule has 0 bridgehead atoms. The van der Waals surface area contributed by atoms with Crippen molar-refractivity contribution in [3.8, 4) is 0 Å². The molecule has 1 amide bonds. The minimum absolute atomic E-state index is 0.0761. The van der Waals surface area contributed by atoms with Gasteiger partial charge in [-0.3, -0.25) is 4.79 Å². The van der Waals surface area contributed by atoms with Crippen LogP contribution in [0, 0.1) is 12.3 Å². The van der Waals surface area contributed by atoms with Gasteiger partial charge in [0.25, 0.3) is 5.91 Å². The Bertz CT molecular complexity index is 890. The first-order valence-electron chi connectivity index (χ1n) is 11.5. The molecule has 31 heavy (non-hydrogen) atoms. The summed E-state index contributed by atoms with van der Waals surface area (Å²) < 4.78 is 0. The molecule has 0 radical (unpaired) electrons. The number of hydrogen-bond acceptors (Lipinski definition) is 4. The number of benzene rings is 2. The van der Waals surface area contributed by atoms with E-state index >= 15 is 0 Å². The van der Waals surface area contributed by atoms with Crippen LogP contribution in [0.1, 0.15) is 34.3 Å². The maximum Gasteiger partial charge on any atom is 0.253 e. The van der Waals surface area contributed by atoms with Crippen LogP contribution in [0.3, 0.4) is 0 Å². The number of likely N-dealkylation sites (tertiary alicyclic amines) is 1. The van der Waals surface area contributed by atoms with Gasteiger partial charge < -0.3 is 19.8 Å². The highest BCUT2D eigenvalue weighted by atomic mass is 16.3. The van der Waals surface area contributed by atoms with Crippen LogP contribution in [0.2, 0.25) is 0 Å². The number of nitrogens with zero attached hydrogens (tertiary/aromatic N) is 3. The number of hydrogen-bond donors (Lipinski definition) is 1. The number of aliphatic hydroxyl groups is 1. The zero-order valence-corrected chi connectivity index (χ0v) is 18.9. The number of rotatable bonds is 5. The third kappa shape index (κ3) is 4.94. The SMILES string of the molecule is Cc1ccccc1CC1(CO)CCCN(C(=O)c2ccc(N3CCN(C)CC3)cc2)C1. The fraction of sp³-hybridized carbons (Fsp3) is 0.500. The fourth-order valence-electron chi connectivity index (χ4n) is 4.98. The van der Waals surface area contributed by atoms with Gasteiger partial charge in [-0.25, -0.2) is 0 Å². The van der Waals surface area contributed by atoms with Gasteiger partial charge in [0.05, 0.1) is 6.61 Å². The summed E-state index contributed by atoms with van der Waals surface area (Å²) in [6.45, 7) is 7.77. The number of likely N-dealkylation sites (N-methyl/N-ethyl adjacent to an activating group) is 1. The fourth-order valence-corrected chi connectivity index (χ4v) is 4.98. The molecule has 0 spiro atoms. The Hall–Kier alpha value is -2.37. The van der Waals surface area contributed by atoms with E-state index in [1.165, 1.54) is 16.8 Å². The van der Waals surface area contributed by atoms with E-state index < -0.39 is 0 Å². The highest BCUT2D eigenvalue weighted by molar-refractivity contribution is 5.94. The van der Waals surface area contributed by atoms with Gasteiger partial charge in [-0.05, 0) is 68.6 Å². The molecule has 5 nitrogen and oxygen atoms in total. The average Bonchev–Trinajstić information content (AvgIpc) is 2.81. The van der Waals surface area contributed by atoms with E-state index in [0.717, 1.165) is 57.5 Å². The Morgan fingerprint density at radius 1 is 1.00 bits per heavy atom. The Balaban J connectivity index is 1.45. The van der Waals surface area contributed by atoms with Crippen LogP contribution in [-0.4, -0.2) is 73.7 Å². The van der Waals surface area contributed by atoms with Crippen molar-refractivity contribution >= 4 is 11.6 Å². The molecule has 2 aliphatic heterocycles. The van der Waals surface area contributed by atoms with E-state index in [0.29, 0.717) is 6.54 Å². The lowest BCUT2D eigenvalue weighted by molar-refractivity contribution is 0.0271. The molecule has 2 aromatic rings. The van der Waals surface area contributed by atoms with Gasteiger partial charge in [0.2, 0.25) is 0 Å². The number of anilines is 1. The second kappa shape index (κ2) is 9.41. The minimum atomic E-state index is -0.264. The van der Waals surface area contributed by atoms with Crippen molar-refractivity contribution in [1.29, 1.82) is 0 Å². The molecule has 2 fully saturated rings. The number of amides is 1. The second-order valence-electron chi connectivity index (χ2n) is 9.43. The molecule has 1 unspecified atom stereocenters. The topological polar surface area (TPSA) is 47.0 Å². The van der Waals surface area contributed by atoms with E-state index in [1.807, 2.05) is 23.1 Å². The standard InChI is InChI=1S/C26H35N3O2/c1-21-6-3-4-7-23(21)18-26(20-30)12-5-13-29(19-26)25(31)22-8-10-24(11-9-22)28-16-14-27(2)15-17-28/h3-4,6-11,30H,5,12-20H2,1-2H3. The summed E-state index contributed by atoms with van der Waals surface area (Å²) in [7, 11) is 2.16. The maximum absolute atomic E-state index is 13.3. The van der Waals surface area contributed by atoms with E-state index in [9.17, 15) is 9.90 Å². The molecular weight excluding hydrogens is 386 g/mol. The van der Waals surface area contributed by atoms with Crippen molar-refractivity contribution in [1.82, 2.24) is 9.80 Å². The summed E-state index contributed by atoms with van der Waals surface area (Å²) >= 11 is 0. The largest absolute Gasteiger partial charge is 0.396 e. The molecule has 2 heterocycles. The van der Waals surface area contributed by atoms with Crippen LogP contribution >= 0.6 is 0 Å². The van der Waals surface area contributed by atoms with Crippen molar-refractivity contribution in [2.75, 3.05) is 57.8 Å². The van der Waals surface area contributed by atoms with Gasteiger partial charge >= 0.3 is 0 Å². The lowest BCUT2D eigenvalue weighted by atomic mass is 9.75. The summed E-state index contributed by atoms with van der Waals surface area (Å²) in [5.74, 6) is 0.0761. The van der Waals surface area contributed by atoms with Crippen molar-refractivity contribution in [3.05, 3.63) is 65.2 Å². The van der Waals surface area contributed by atoms with Crippen molar-refractivity contribution in [3.63, 3.8) is 0 Å². The predicted molar refractivity (Wildman–Crippen MR) is 126 cm³/mol. The summed E-state index contributed by atoms with van der Waals surface area (Å²) in [5.41, 5.74) is 4.18. The molecule has 5 heteroatoms. The lowest BCUT2D eigenvalue weighted by Crippen LogP contribution is -2.49. The zero-order chi connectivity index (χ0) is 21.8. The molecule has 0 aliphatic carbocycles. The van der Waals surface area contributed by atoms with Crippen LogP contribution in [0.5, 0.6) is 0 Å². The quantitative estimate of drug-likeness (QED) is 0.805. The summed E-state index contributed by atoms with van der Waals surface area (Å²) in [4.78, 5) is 20.0. The molecule has 0 aromatic heterocycles. The highest BCUT2D eigenvalue weighted by Crippen LogP contribution is 2.35. The van der Waals surface area contributed by atoms with Crippen molar-refractivity contribution < 1.29 is 9.90 Å². The highest BCUT2D eigenvalue weighted by Gasteiger charge is 2.37. The third-order valence-electron chi connectivity index (χ3n) is 7.09. The van der Waals surface area contributed by atoms with Gasteiger partial charge in [-0.1, -0.05) is 24.3 Å². The Labute approximate surface area is 186 Å². The number of piperazine rings is 1. The first-order chi connectivity index (χ1) is 15.0. The van der Waals surface area contributed by atoms with Crippen molar-refractivity contribution in [2.45, 2.75) is 26.2 Å². The van der Waals surface area contributed by atoms with E-state index in [1.54, 1.807) is 0 Å². The van der Waals surface area contributed by atoms with Crippen LogP contribution < -0.4 is 4.90 Å². The molecule has 2 saturated heterocycles. The number of carbonyl (C=O) groups is 1. The molecule has 2 aliphatic rings. The average molecular weight is 422 g/mol. The van der Waals surface area contributed by atoms with Gasteiger partial charge in [0.1, 0.15) is 0 Å². The molecular formula is C26H35N3O2. The van der Waals surface area contributed by atoms with Gasteiger partial charge in [0.15, 0.2) is 0 Å². The number of carbonyl (C=O) groups excluding carboxylic acids is 1. The molecule has 1 atom stereocenters. The van der Waals surface area contributed by atoms with E-state index in [2.05, 4.69) is 54.1 Å². The monoisotopic (exact) mass is 421 g/mol. The second-order valence-corrected chi connectivity index (χ2v) is 9.43. The predicted octanol–water partition coefficient (Wildman–Crippen LogP) is 3.20. The molecule has 0 saturated carbocycles. The normalized spacial score (nSPS) is 22.5. The maximum atomic E-state index is 13.3. The zero-order valence-electron chi connectivity index (χ0n) is 18.9. The van der Waals surface area contributed by atoms with Crippen LogP contribution in [0.15, 0.2) is 48.5 Å². The summed E-state index contributed by atoms with van der Waals surface area (Å²) in [6.07, 6.45) is 2.68. The van der Waals surface area contributed by atoms with E-state index in [-0.39, 0.29) is 17.9 Å². The Kier molecular flexibility index (Phi) is 6.63. The Morgan fingerprint density at radius 3 is 2.39 bits per heavy atom. The van der Waals surface area contributed by atoms with Gasteiger partial charge in [-0.15, -0.1) is 0 Å². The number of aliphatic hydroxyl groups excluding tert-OH is 1. The molecule has 4 rings (SSSR count). The number of aryl methyl sites for hydroxylation is 1. The molecule has 166 valence electrons. The lowest BCUT2D eigenvalue weighted by Gasteiger charge is -2.42. The van der Waals surface area contributed by atoms with Crippen LogP contribution in [-0.2, 0) is 6.42 Å². The minimum Gasteiger partial charge on any atom is -0.396 e. The number of piperidine rings is 1. The Morgan fingerprint density at radius 2 is 1.71 bits per heavy atom. The first kappa shape index (κ1) is 21.8. The summed E-state index contributed by atoms with van der Waals surface area (Å²) in [5, 5.41) is 10.3. The first-order valence-corrected chi connectivity index (χ1v) is 11.5. The van der Waals surface area contributed by atoms with Gasteiger partial charge in [0, 0.05) is 55.9 Å². The summed E-state index contributed by atoms with van der Waals surface area (Å²) in [6, 6.07) is 16.5. The third-order valence-corrected chi connectivity index (χ3v) is 7.09.